The number of piperidine rings is 1. The molecule has 0 aromatic rings. The van der Waals surface area contributed by atoms with Crippen LogP contribution in [0.15, 0.2) is 0 Å². The molecular weight excluding hydrogens is 230 g/mol. The minimum absolute atomic E-state index is 0.0188. The third kappa shape index (κ3) is 5.80. The van der Waals surface area contributed by atoms with E-state index in [0.29, 0.717) is 12.6 Å². The van der Waals surface area contributed by atoms with Crippen molar-refractivity contribution >= 4 is 5.91 Å². The van der Waals surface area contributed by atoms with E-state index >= 15 is 0 Å². The van der Waals surface area contributed by atoms with Crippen LogP contribution >= 0.6 is 0 Å². The lowest BCUT2D eigenvalue weighted by Crippen LogP contribution is -2.42. The third-order valence-electron chi connectivity index (χ3n) is 3.74. The van der Waals surface area contributed by atoms with Crippen LogP contribution in [0.5, 0.6) is 0 Å². The van der Waals surface area contributed by atoms with E-state index < -0.39 is 5.91 Å². The van der Waals surface area contributed by atoms with Gasteiger partial charge >= 0.3 is 0 Å². The maximum atomic E-state index is 10.5. The van der Waals surface area contributed by atoms with Gasteiger partial charge in [-0.05, 0) is 45.3 Å². The number of carbonyl (C=O) groups excluding carboxylic acids is 1. The van der Waals surface area contributed by atoms with Gasteiger partial charge in [0.1, 0.15) is 6.61 Å². The Balaban J connectivity index is 2.06. The zero-order chi connectivity index (χ0) is 13.4. The van der Waals surface area contributed by atoms with E-state index in [4.69, 9.17) is 10.5 Å². The molecule has 0 bridgehead atoms. The molecule has 5 nitrogen and oxygen atoms in total. The first-order valence-corrected chi connectivity index (χ1v) is 6.95. The molecule has 0 aromatic carbocycles. The van der Waals surface area contributed by atoms with Gasteiger partial charge in [-0.1, -0.05) is 6.92 Å². The predicted molar refractivity (Wildman–Crippen MR) is 72.3 cm³/mol. The number of nitrogens with one attached hydrogen (secondary N) is 1. The molecule has 1 fully saturated rings. The monoisotopic (exact) mass is 257 g/mol. The molecule has 0 saturated carbocycles. The molecule has 1 aliphatic rings. The van der Waals surface area contributed by atoms with E-state index in [-0.39, 0.29) is 6.61 Å². The van der Waals surface area contributed by atoms with Crippen molar-refractivity contribution < 1.29 is 9.53 Å². The van der Waals surface area contributed by atoms with E-state index in [0.717, 1.165) is 19.0 Å². The Hall–Kier alpha value is -0.650. The van der Waals surface area contributed by atoms with Gasteiger partial charge in [-0.25, -0.2) is 0 Å². The topological polar surface area (TPSA) is 67.6 Å². The van der Waals surface area contributed by atoms with Gasteiger partial charge in [-0.3, -0.25) is 4.79 Å². The fraction of sp³-hybridized carbons (Fsp3) is 0.923. The molecule has 1 unspecified atom stereocenters. The summed E-state index contributed by atoms with van der Waals surface area (Å²) < 4.78 is 5.12. The van der Waals surface area contributed by atoms with E-state index in [1.54, 1.807) is 0 Å². The van der Waals surface area contributed by atoms with Crippen molar-refractivity contribution in [3.63, 3.8) is 0 Å². The van der Waals surface area contributed by atoms with Crippen LogP contribution in [0.2, 0.25) is 0 Å². The second-order valence-electron chi connectivity index (χ2n) is 5.03. The highest BCUT2D eigenvalue weighted by atomic mass is 16.5. The van der Waals surface area contributed by atoms with Crippen LogP contribution in [-0.2, 0) is 9.53 Å². The van der Waals surface area contributed by atoms with Crippen molar-refractivity contribution in [2.75, 3.05) is 39.4 Å². The number of hydrogen-bond donors (Lipinski definition) is 2. The Morgan fingerprint density at radius 2 is 2.17 bits per heavy atom. The predicted octanol–water partition coefficient (Wildman–Crippen LogP) is 0.198. The van der Waals surface area contributed by atoms with Crippen LogP contribution in [0.25, 0.3) is 0 Å². The van der Waals surface area contributed by atoms with Crippen LogP contribution < -0.4 is 11.1 Å². The molecule has 0 aromatic heterocycles. The summed E-state index contributed by atoms with van der Waals surface area (Å²) in [6, 6.07) is 0.515. The van der Waals surface area contributed by atoms with E-state index in [9.17, 15) is 4.79 Å². The molecule has 3 N–H and O–H groups in total. The quantitative estimate of drug-likeness (QED) is 0.610. The summed E-state index contributed by atoms with van der Waals surface area (Å²) in [4.78, 5) is 13.0. The minimum Gasteiger partial charge on any atom is -0.370 e. The Morgan fingerprint density at radius 3 is 2.72 bits per heavy atom. The lowest BCUT2D eigenvalue weighted by atomic mass is 9.90. The number of likely N-dealkylation sites (tertiary alicyclic amines) is 1. The van der Waals surface area contributed by atoms with Crippen molar-refractivity contribution in [1.82, 2.24) is 10.2 Å². The molecule has 0 spiro atoms. The van der Waals surface area contributed by atoms with Gasteiger partial charge in [0.25, 0.3) is 0 Å². The number of ether oxygens (including phenoxy) is 1. The van der Waals surface area contributed by atoms with Crippen LogP contribution in [0, 0.1) is 5.92 Å². The molecule has 106 valence electrons. The highest BCUT2D eigenvalue weighted by Gasteiger charge is 2.22. The first kappa shape index (κ1) is 15.4. The molecule has 1 amide bonds. The molecule has 1 saturated heterocycles. The summed E-state index contributed by atoms with van der Waals surface area (Å²) in [7, 11) is 0. The van der Waals surface area contributed by atoms with Gasteiger partial charge in [0, 0.05) is 12.6 Å². The second-order valence-corrected chi connectivity index (χ2v) is 5.03. The van der Waals surface area contributed by atoms with Crippen LogP contribution in [0.4, 0.5) is 0 Å². The lowest BCUT2D eigenvalue weighted by molar-refractivity contribution is -0.122. The Kier molecular flexibility index (Phi) is 7.23. The zero-order valence-electron chi connectivity index (χ0n) is 11.7. The lowest BCUT2D eigenvalue weighted by Gasteiger charge is -2.34. The van der Waals surface area contributed by atoms with Crippen molar-refractivity contribution in [2.24, 2.45) is 11.7 Å². The van der Waals surface area contributed by atoms with Crippen LogP contribution in [0.3, 0.4) is 0 Å². The van der Waals surface area contributed by atoms with Gasteiger partial charge in [0.05, 0.1) is 6.61 Å². The summed E-state index contributed by atoms with van der Waals surface area (Å²) in [6.45, 7) is 9.39. The fourth-order valence-corrected chi connectivity index (χ4v) is 2.47. The normalized spacial score (nSPS) is 19.9. The maximum absolute atomic E-state index is 10.5. The summed E-state index contributed by atoms with van der Waals surface area (Å²) in [5.74, 6) is 0.346. The summed E-state index contributed by atoms with van der Waals surface area (Å²) in [6.07, 6.45) is 2.54. The Bertz CT molecular complexity index is 240. The fourth-order valence-electron chi connectivity index (χ4n) is 2.47. The molecule has 1 atom stereocenters. The molecule has 1 rings (SSSR count). The van der Waals surface area contributed by atoms with E-state index in [2.05, 4.69) is 24.1 Å². The van der Waals surface area contributed by atoms with Gasteiger partial charge in [0.2, 0.25) is 5.91 Å². The zero-order valence-corrected chi connectivity index (χ0v) is 11.7. The maximum Gasteiger partial charge on any atom is 0.243 e. The first-order chi connectivity index (χ1) is 8.63. The van der Waals surface area contributed by atoms with Crippen molar-refractivity contribution in [1.29, 1.82) is 0 Å². The summed E-state index contributed by atoms with van der Waals surface area (Å²) in [5.41, 5.74) is 4.99. The van der Waals surface area contributed by atoms with Gasteiger partial charge < -0.3 is 20.7 Å². The largest absolute Gasteiger partial charge is 0.370 e. The van der Waals surface area contributed by atoms with E-state index in [1.165, 1.54) is 25.9 Å². The van der Waals surface area contributed by atoms with Crippen molar-refractivity contribution in [3.8, 4) is 0 Å². The van der Waals surface area contributed by atoms with Crippen molar-refractivity contribution in [2.45, 2.75) is 32.7 Å². The summed E-state index contributed by atoms with van der Waals surface area (Å²) >= 11 is 0. The first-order valence-electron chi connectivity index (χ1n) is 6.95. The number of nitrogens with zero attached hydrogens (tertiary/aromatic N) is 1. The highest BCUT2D eigenvalue weighted by molar-refractivity contribution is 5.74. The standard InChI is InChI=1S/C13H27N3O2/c1-3-16-7-4-12(5-8-16)11(2)15-6-9-18-10-13(14)17/h11-12,15H,3-10H2,1-2H3,(H2,14,17). The number of rotatable bonds is 8. The average Bonchev–Trinajstić information content (AvgIpc) is 2.38. The third-order valence-corrected chi connectivity index (χ3v) is 3.74. The number of carbonyl (C=O) groups is 1. The van der Waals surface area contributed by atoms with Gasteiger partial charge in [-0.2, -0.15) is 0 Å². The van der Waals surface area contributed by atoms with Crippen LogP contribution in [0.1, 0.15) is 26.7 Å². The minimum atomic E-state index is -0.407. The molecular formula is C13H27N3O2. The number of nitrogens with two attached hydrogens (primary N) is 1. The second kappa shape index (κ2) is 8.45. The Labute approximate surface area is 110 Å². The molecule has 18 heavy (non-hydrogen) atoms. The van der Waals surface area contributed by atoms with E-state index in [1.807, 2.05) is 0 Å². The molecule has 0 radical (unpaired) electrons. The molecule has 5 heteroatoms. The van der Waals surface area contributed by atoms with Gasteiger partial charge in [0.15, 0.2) is 0 Å². The Morgan fingerprint density at radius 1 is 1.50 bits per heavy atom. The smallest absolute Gasteiger partial charge is 0.243 e. The SMILES string of the molecule is CCN1CCC(C(C)NCCOCC(N)=O)CC1. The number of amides is 1. The summed E-state index contributed by atoms with van der Waals surface area (Å²) in [5, 5.41) is 3.46. The highest BCUT2D eigenvalue weighted by Crippen LogP contribution is 2.20. The average molecular weight is 257 g/mol. The van der Waals surface area contributed by atoms with Gasteiger partial charge in [-0.15, -0.1) is 0 Å². The molecule has 0 aliphatic carbocycles. The van der Waals surface area contributed by atoms with Crippen LogP contribution in [-0.4, -0.2) is 56.2 Å². The molecule has 1 aliphatic heterocycles. The molecule has 1 heterocycles. The number of hydrogen-bond acceptors (Lipinski definition) is 4. The number of primary amides is 1. The van der Waals surface area contributed by atoms with Crippen molar-refractivity contribution in [3.05, 3.63) is 0 Å².